The van der Waals surface area contributed by atoms with Gasteiger partial charge in [0, 0.05) is 0 Å². The standard InChI is InChI=1S/C11H9NO4S/c13-9(8-4-2-6-17-8)11(15)12-10(14)7-3-1-5-16-7/h1-6,11,15H,(H,12,14)/t11-/m1/s1. The van der Waals surface area contributed by atoms with E-state index in [9.17, 15) is 14.7 Å². The summed E-state index contributed by atoms with van der Waals surface area (Å²) in [6.07, 6.45) is -0.228. The minimum Gasteiger partial charge on any atom is -0.459 e. The molecule has 0 fully saturated rings. The van der Waals surface area contributed by atoms with Gasteiger partial charge in [0.1, 0.15) is 0 Å². The second-order valence-corrected chi connectivity index (χ2v) is 4.14. The first-order chi connectivity index (χ1) is 8.18. The third-order valence-electron chi connectivity index (χ3n) is 2.03. The van der Waals surface area contributed by atoms with E-state index in [1.54, 1.807) is 23.6 Å². The number of rotatable bonds is 4. The van der Waals surface area contributed by atoms with Crippen LogP contribution in [0.1, 0.15) is 20.2 Å². The second kappa shape index (κ2) is 4.94. The van der Waals surface area contributed by atoms with Crippen LogP contribution in [0.25, 0.3) is 0 Å². The molecule has 2 heterocycles. The highest BCUT2D eigenvalue weighted by atomic mass is 32.1. The zero-order valence-electron chi connectivity index (χ0n) is 8.62. The summed E-state index contributed by atoms with van der Waals surface area (Å²) in [5.41, 5.74) is 0. The maximum Gasteiger partial charge on any atom is 0.289 e. The van der Waals surface area contributed by atoms with Gasteiger partial charge in [-0.3, -0.25) is 9.59 Å². The fourth-order valence-electron chi connectivity index (χ4n) is 1.22. The van der Waals surface area contributed by atoms with Crippen LogP contribution in [-0.2, 0) is 0 Å². The Hall–Kier alpha value is -1.92. The molecule has 0 aromatic carbocycles. The number of hydrogen-bond donors (Lipinski definition) is 2. The maximum atomic E-state index is 11.6. The number of aliphatic hydroxyl groups excluding tert-OH is 1. The Labute approximate surface area is 101 Å². The zero-order valence-corrected chi connectivity index (χ0v) is 9.44. The first-order valence-corrected chi connectivity index (χ1v) is 5.66. The third-order valence-corrected chi connectivity index (χ3v) is 2.91. The zero-order chi connectivity index (χ0) is 12.3. The highest BCUT2D eigenvalue weighted by molar-refractivity contribution is 7.12. The Balaban J connectivity index is 2.00. The third kappa shape index (κ3) is 2.61. The molecule has 0 saturated heterocycles. The lowest BCUT2D eigenvalue weighted by Crippen LogP contribution is -2.40. The molecule has 6 heteroatoms. The summed E-state index contributed by atoms with van der Waals surface area (Å²) in [5.74, 6) is -1.13. The monoisotopic (exact) mass is 251 g/mol. The molecule has 0 radical (unpaired) electrons. The molecule has 0 aliphatic rings. The van der Waals surface area contributed by atoms with Crippen molar-refractivity contribution in [1.82, 2.24) is 5.32 Å². The van der Waals surface area contributed by atoms with Crippen LogP contribution >= 0.6 is 11.3 Å². The molecule has 1 atom stereocenters. The predicted octanol–water partition coefficient (Wildman–Crippen LogP) is 1.27. The van der Waals surface area contributed by atoms with Crippen LogP contribution < -0.4 is 5.32 Å². The van der Waals surface area contributed by atoms with Gasteiger partial charge in [0.25, 0.3) is 5.91 Å². The second-order valence-electron chi connectivity index (χ2n) is 3.19. The van der Waals surface area contributed by atoms with Crippen LogP contribution in [0.5, 0.6) is 0 Å². The Morgan fingerprint density at radius 1 is 1.35 bits per heavy atom. The smallest absolute Gasteiger partial charge is 0.289 e. The van der Waals surface area contributed by atoms with Gasteiger partial charge in [-0.15, -0.1) is 11.3 Å². The van der Waals surface area contributed by atoms with Crippen molar-refractivity contribution in [2.75, 3.05) is 0 Å². The molecule has 0 spiro atoms. The van der Waals surface area contributed by atoms with Gasteiger partial charge in [0.05, 0.1) is 11.1 Å². The molecular formula is C11H9NO4S. The van der Waals surface area contributed by atoms with E-state index < -0.39 is 17.9 Å². The van der Waals surface area contributed by atoms with Crippen molar-refractivity contribution < 1.29 is 19.1 Å². The molecule has 0 aliphatic heterocycles. The van der Waals surface area contributed by atoms with Crippen LogP contribution in [0.2, 0.25) is 0 Å². The Morgan fingerprint density at radius 3 is 2.76 bits per heavy atom. The first kappa shape index (κ1) is 11.6. The van der Waals surface area contributed by atoms with Crippen LogP contribution in [0, 0.1) is 0 Å². The van der Waals surface area contributed by atoms with Gasteiger partial charge in [-0.2, -0.15) is 0 Å². The summed E-state index contributed by atoms with van der Waals surface area (Å²) >= 11 is 1.20. The van der Waals surface area contributed by atoms with Crippen molar-refractivity contribution in [1.29, 1.82) is 0 Å². The van der Waals surface area contributed by atoms with Crippen molar-refractivity contribution in [3.63, 3.8) is 0 Å². The average Bonchev–Trinajstić information content (AvgIpc) is 3.00. The number of Topliss-reactive ketones (excluding diaryl/α,β-unsaturated/α-hetero) is 1. The summed E-state index contributed by atoms with van der Waals surface area (Å²) in [5, 5.41) is 13.4. The van der Waals surface area contributed by atoms with E-state index in [0.29, 0.717) is 4.88 Å². The van der Waals surface area contributed by atoms with Crippen LogP contribution in [-0.4, -0.2) is 23.0 Å². The van der Waals surface area contributed by atoms with Gasteiger partial charge >= 0.3 is 0 Å². The SMILES string of the molecule is O=C(N[C@H](O)C(=O)c1cccs1)c1ccco1. The Morgan fingerprint density at radius 2 is 2.18 bits per heavy atom. The van der Waals surface area contributed by atoms with E-state index >= 15 is 0 Å². The molecule has 17 heavy (non-hydrogen) atoms. The average molecular weight is 251 g/mol. The van der Waals surface area contributed by atoms with Crippen molar-refractivity contribution in [2.24, 2.45) is 0 Å². The number of amides is 1. The molecule has 0 aliphatic carbocycles. The number of nitrogens with one attached hydrogen (secondary N) is 1. The molecular weight excluding hydrogens is 242 g/mol. The molecule has 2 aromatic rings. The van der Waals surface area contributed by atoms with Crippen LogP contribution in [0.15, 0.2) is 40.3 Å². The van der Waals surface area contributed by atoms with Gasteiger partial charge in [0.15, 0.2) is 12.0 Å². The van der Waals surface area contributed by atoms with E-state index in [-0.39, 0.29) is 5.76 Å². The normalized spacial score (nSPS) is 12.1. The predicted molar refractivity (Wildman–Crippen MR) is 60.8 cm³/mol. The van der Waals surface area contributed by atoms with Crippen LogP contribution in [0.4, 0.5) is 0 Å². The van der Waals surface area contributed by atoms with Gasteiger partial charge < -0.3 is 14.8 Å². The summed E-state index contributed by atoms with van der Waals surface area (Å²) in [6.45, 7) is 0. The molecule has 0 unspecified atom stereocenters. The fourth-order valence-corrected chi connectivity index (χ4v) is 1.91. The van der Waals surface area contributed by atoms with Crippen molar-refractivity contribution in [3.8, 4) is 0 Å². The van der Waals surface area contributed by atoms with E-state index in [1.165, 1.54) is 23.7 Å². The number of aliphatic hydroxyl groups is 1. The van der Waals surface area contributed by atoms with Crippen molar-refractivity contribution in [3.05, 3.63) is 46.5 Å². The quantitative estimate of drug-likeness (QED) is 0.633. The van der Waals surface area contributed by atoms with E-state index in [4.69, 9.17) is 4.42 Å². The lowest BCUT2D eigenvalue weighted by Gasteiger charge is -2.09. The Bertz CT molecular complexity index is 504. The van der Waals surface area contributed by atoms with E-state index in [1.807, 2.05) is 0 Å². The molecule has 2 N–H and O–H groups in total. The van der Waals surface area contributed by atoms with Crippen molar-refractivity contribution >= 4 is 23.0 Å². The summed E-state index contributed by atoms with van der Waals surface area (Å²) in [7, 11) is 0. The van der Waals surface area contributed by atoms with Gasteiger partial charge in [-0.25, -0.2) is 0 Å². The number of thiophene rings is 1. The molecule has 1 amide bonds. The minimum atomic E-state index is -1.56. The number of carbonyl (C=O) groups excluding carboxylic acids is 2. The number of furan rings is 1. The largest absolute Gasteiger partial charge is 0.459 e. The Kier molecular flexibility index (Phi) is 3.36. The minimum absolute atomic E-state index is 0.0445. The van der Waals surface area contributed by atoms with E-state index in [2.05, 4.69) is 5.32 Å². The lowest BCUT2D eigenvalue weighted by atomic mass is 10.3. The van der Waals surface area contributed by atoms with Gasteiger partial charge in [-0.1, -0.05) is 6.07 Å². The lowest BCUT2D eigenvalue weighted by molar-refractivity contribution is 0.0600. The summed E-state index contributed by atoms with van der Waals surface area (Å²) in [4.78, 5) is 23.5. The van der Waals surface area contributed by atoms with E-state index in [0.717, 1.165) is 0 Å². The van der Waals surface area contributed by atoms with Crippen molar-refractivity contribution in [2.45, 2.75) is 6.23 Å². The number of hydrogen-bond acceptors (Lipinski definition) is 5. The molecule has 2 rings (SSSR count). The van der Waals surface area contributed by atoms with Crippen LogP contribution in [0.3, 0.4) is 0 Å². The first-order valence-electron chi connectivity index (χ1n) is 4.78. The summed E-state index contributed by atoms with van der Waals surface area (Å²) in [6, 6.07) is 6.26. The molecule has 88 valence electrons. The molecule has 2 aromatic heterocycles. The highest BCUT2D eigenvalue weighted by Gasteiger charge is 2.21. The molecule has 0 saturated carbocycles. The molecule has 5 nitrogen and oxygen atoms in total. The fraction of sp³-hybridized carbons (Fsp3) is 0.0909. The summed E-state index contributed by atoms with van der Waals surface area (Å²) < 4.78 is 4.83. The molecule has 0 bridgehead atoms. The number of ketones is 1. The number of carbonyl (C=O) groups is 2. The highest BCUT2D eigenvalue weighted by Crippen LogP contribution is 2.11. The van der Waals surface area contributed by atoms with Gasteiger partial charge in [-0.05, 0) is 23.6 Å². The topological polar surface area (TPSA) is 79.5 Å². The maximum absolute atomic E-state index is 11.6. The van der Waals surface area contributed by atoms with Gasteiger partial charge in [0.2, 0.25) is 5.78 Å².